The zero-order chi connectivity index (χ0) is 11.8. The van der Waals surface area contributed by atoms with Crippen molar-refractivity contribution in [2.75, 3.05) is 6.54 Å². The van der Waals surface area contributed by atoms with E-state index in [-0.39, 0.29) is 0 Å². The molecular formula is C15H15NO. The van der Waals surface area contributed by atoms with E-state index in [1.54, 1.807) is 0 Å². The average molecular weight is 225 g/mol. The minimum absolute atomic E-state index is 0.382. The second-order valence-electron chi connectivity index (χ2n) is 4.49. The Morgan fingerprint density at radius 1 is 1.06 bits per heavy atom. The number of nitrogens with two attached hydrogens (primary N) is 1. The topological polar surface area (TPSA) is 39.2 Å². The van der Waals surface area contributed by atoms with Gasteiger partial charge in [-0.1, -0.05) is 31.2 Å². The fourth-order valence-electron chi connectivity index (χ4n) is 2.19. The lowest BCUT2D eigenvalue weighted by Crippen LogP contribution is -2.08. The molecule has 0 saturated heterocycles. The molecule has 0 radical (unpaired) electrons. The number of furan rings is 1. The van der Waals surface area contributed by atoms with E-state index < -0.39 is 0 Å². The molecule has 2 aromatic carbocycles. The van der Waals surface area contributed by atoms with Crippen molar-refractivity contribution in [3.05, 3.63) is 48.0 Å². The largest absolute Gasteiger partial charge is 0.456 e. The summed E-state index contributed by atoms with van der Waals surface area (Å²) in [6.07, 6.45) is 0. The number of benzene rings is 2. The standard InChI is InChI=1S/C15H15NO/c1-10(9-16)11-6-7-15-13(8-11)12-4-2-3-5-14(12)17-15/h2-8,10H,9,16H2,1H3. The van der Waals surface area contributed by atoms with Gasteiger partial charge < -0.3 is 10.2 Å². The number of hydrogen-bond donors (Lipinski definition) is 1. The highest BCUT2D eigenvalue weighted by molar-refractivity contribution is 6.05. The van der Waals surface area contributed by atoms with Gasteiger partial charge in [0.2, 0.25) is 0 Å². The van der Waals surface area contributed by atoms with Crippen LogP contribution in [-0.4, -0.2) is 6.54 Å². The van der Waals surface area contributed by atoms with Crippen molar-refractivity contribution < 1.29 is 4.42 Å². The molecular weight excluding hydrogens is 210 g/mol. The van der Waals surface area contributed by atoms with Gasteiger partial charge in [0.1, 0.15) is 11.2 Å². The first-order chi connectivity index (χ1) is 8.29. The first kappa shape index (κ1) is 10.4. The van der Waals surface area contributed by atoms with E-state index in [0.29, 0.717) is 12.5 Å². The third-order valence-corrected chi connectivity index (χ3v) is 3.32. The maximum Gasteiger partial charge on any atom is 0.135 e. The van der Waals surface area contributed by atoms with E-state index >= 15 is 0 Å². The second kappa shape index (κ2) is 3.90. The third-order valence-electron chi connectivity index (χ3n) is 3.32. The maximum atomic E-state index is 5.79. The lowest BCUT2D eigenvalue weighted by atomic mass is 9.99. The van der Waals surface area contributed by atoms with Crippen molar-refractivity contribution in [2.24, 2.45) is 5.73 Å². The fourth-order valence-corrected chi connectivity index (χ4v) is 2.19. The van der Waals surface area contributed by atoms with Crippen molar-refractivity contribution in [2.45, 2.75) is 12.8 Å². The van der Waals surface area contributed by atoms with Gasteiger partial charge in [0.15, 0.2) is 0 Å². The molecule has 0 amide bonds. The van der Waals surface area contributed by atoms with Crippen LogP contribution in [0.1, 0.15) is 18.4 Å². The monoisotopic (exact) mass is 225 g/mol. The Balaban J connectivity index is 2.30. The lowest BCUT2D eigenvalue weighted by molar-refractivity contribution is 0.668. The molecule has 0 aliphatic carbocycles. The van der Waals surface area contributed by atoms with Gasteiger partial charge in [0.05, 0.1) is 0 Å². The van der Waals surface area contributed by atoms with Crippen LogP contribution in [0.15, 0.2) is 46.9 Å². The summed E-state index contributed by atoms with van der Waals surface area (Å²) in [5.74, 6) is 0.382. The molecule has 1 heterocycles. The lowest BCUT2D eigenvalue weighted by Gasteiger charge is -2.07. The summed E-state index contributed by atoms with van der Waals surface area (Å²) < 4.78 is 5.79. The molecule has 86 valence electrons. The molecule has 0 saturated carbocycles. The van der Waals surface area contributed by atoms with Crippen LogP contribution in [0.5, 0.6) is 0 Å². The summed E-state index contributed by atoms with van der Waals surface area (Å²) in [4.78, 5) is 0. The Kier molecular flexibility index (Phi) is 2.37. The Morgan fingerprint density at radius 3 is 2.65 bits per heavy atom. The summed E-state index contributed by atoms with van der Waals surface area (Å²) in [6.45, 7) is 2.81. The summed E-state index contributed by atoms with van der Waals surface area (Å²) >= 11 is 0. The molecule has 0 aliphatic heterocycles. The third kappa shape index (κ3) is 1.61. The summed E-state index contributed by atoms with van der Waals surface area (Å²) in [5, 5.41) is 2.35. The number of para-hydroxylation sites is 1. The molecule has 0 bridgehead atoms. The molecule has 1 atom stereocenters. The Hall–Kier alpha value is -1.80. The quantitative estimate of drug-likeness (QED) is 0.723. The number of rotatable bonds is 2. The van der Waals surface area contributed by atoms with Crippen LogP contribution in [0.25, 0.3) is 21.9 Å². The van der Waals surface area contributed by atoms with Gasteiger partial charge in [-0.05, 0) is 36.2 Å². The van der Waals surface area contributed by atoms with E-state index in [0.717, 1.165) is 11.2 Å². The van der Waals surface area contributed by atoms with Crippen molar-refractivity contribution in [1.29, 1.82) is 0 Å². The van der Waals surface area contributed by atoms with E-state index in [1.165, 1.54) is 16.3 Å². The molecule has 1 aromatic heterocycles. The highest BCUT2D eigenvalue weighted by Crippen LogP contribution is 2.30. The smallest absolute Gasteiger partial charge is 0.135 e. The molecule has 2 nitrogen and oxygen atoms in total. The number of fused-ring (bicyclic) bond motifs is 3. The summed E-state index contributed by atoms with van der Waals surface area (Å²) in [5.41, 5.74) is 8.87. The maximum absolute atomic E-state index is 5.79. The zero-order valence-corrected chi connectivity index (χ0v) is 9.81. The van der Waals surface area contributed by atoms with Crippen LogP contribution in [0.3, 0.4) is 0 Å². The van der Waals surface area contributed by atoms with Crippen molar-refractivity contribution in [1.82, 2.24) is 0 Å². The minimum Gasteiger partial charge on any atom is -0.456 e. The predicted octanol–water partition coefficient (Wildman–Crippen LogP) is 3.65. The SMILES string of the molecule is CC(CN)c1ccc2oc3ccccc3c2c1. The van der Waals surface area contributed by atoms with Crippen LogP contribution in [0.4, 0.5) is 0 Å². The molecule has 0 aliphatic rings. The highest BCUT2D eigenvalue weighted by atomic mass is 16.3. The van der Waals surface area contributed by atoms with E-state index in [9.17, 15) is 0 Å². The molecule has 3 rings (SSSR count). The van der Waals surface area contributed by atoms with Gasteiger partial charge in [-0.15, -0.1) is 0 Å². The first-order valence-corrected chi connectivity index (χ1v) is 5.91. The Labute approximate surface area is 100 Å². The van der Waals surface area contributed by atoms with Gasteiger partial charge >= 0.3 is 0 Å². The van der Waals surface area contributed by atoms with Crippen molar-refractivity contribution in [3.63, 3.8) is 0 Å². The predicted molar refractivity (Wildman–Crippen MR) is 71.2 cm³/mol. The Bertz CT molecular complexity index is 669. The highest BCUT2D eigenvalue weighted by Gasteiger charge is 2.09. The van der Waals surface area contributed by atoms with Gasteiger partial charge in [-0.2, -0.15) is 0 Å². The molecule has 2 N–H and O–H groups in total. The minimum atomic E-state index is 0.382. The molecule has 0 spiro atoms. The molecule has 3 aromatic rings. The normalized spacial score (nSPS) is 13.3. The summed E-state index contributed by atoms with van der Waals surface area (Å²) in [7, 11) is 0. The van der Waals surface area contributed by atoms with Crippen molar-refractivity contribution in [3.8, 4) is 0 Å². The molecule has 1 unspecified atom stereocenters. The van der Waals surface area contributed by atoms with E-state index in [4.69, 9.17) is 10.2 Å². The van der Waals surface area contributed by atoms with Crippen LogP contribution in [0, 0.1) is 0 Å². The van der Waals surface area contributed by atoms with Gasteiger partial charge in [0.25, 0.3) is 0 Å². The second-order valence-corrected chi connectivity index (χ2v) is 4.49. The van der Waals surface area contributed by atoms with Gasteiger partial charge in [0, 0.05) is 10.8 Å². The molecule has 17 heavy (non-hydrogen) atoms. The summed E-state index contributed by atoms with van der Waals surface area (Å²) in [6, 6.07) is 14.5. The van der Waals surface area contributed by atoms with E-state index in [1.807, 2.05) is 24.3 Å². The molecule has 2 heteroatoms. The van der Waals surface area contributed by atoms with Crippen molar-refractivity contribution >= 4 is 21.9 Å². The van der Waals surface area contributed by atoms with Gasteiger partial charge in [-0.25, -0.2) is 0 Å². The van der Waals surface area contributed by atoms with E-state index in [2.05, 4.69) is 25.1 Å². The number of hydrogen-bond acceptors (Lipinski definition) is 2. The molecule has 0 fully saturated rings. The zero-order valence-electron chi connectivity index (χ0n) is 9.81. The first-order valence-electron chi connectivity index (χ1n) is 5.91. The van der Waals surface area contributed by atoms with Crippen LogP contribution >= 0.6 is 0 Å². The van der Waals surface area contributed by atoms with Crippen LogP contribution < -0.4 is 5.73 Å². The van der Waals surface area contributed by atoms with Crippen LogP contribution in [0.2, 0.25) is 0 Å². The Morgan fingerprint density at radius 2 is 1.82 bits per heavy atom. The fraction of sp³-hybridized carbons (Fsp3) is 0.200. The van der Waals surface area contributed by atoms with Gasteiger partial charge in [-0.3, -0.25) is 0 Å². The average Bonchev–Trinajstić information content (AvgIpc) is 2.75. The van der Waals surface area contributed by atoms with Crippen LogP contribution in [-0.2, 0) is 0 Å².